The van der Waals surface area contributed by atoms with Crippen LogP contribution in [0.2, 0.25) is 0 Å². The van der Waals surface area contributed by atoms with Gasteiger partial charge in [0.05, 0.1) is 0 Å². The molecular weight excluding hydrogens is 311 g/mol. The summed E-state index contributed by atoms with van der Waals surface area (Å²) in [5, 5.41) is 9.07. The zero-order chi connectivity index (χ0) is 14.0. The van der Waals surface area contributed by atoms with Gasteiger partial charge >= 0.3 is 0 Å². The first-order valence-electron chi connectivity index (χ1n) is 5.45. The molecule has 0 amide bonds. The lowest BCUT2D eigenvalue weighted by molar-refractivity contribution is 0.440. The summed E-state index contributed by atoms with van der Waals surface area (Å²) in [6.45, 7) is 1.76. The molecule has 96 valence electrons. The number of aryl methyl sites for hydroxylation is 1. The van der Waals surface area contributed by atoms with Crippen molar-refractivity contribution < 1.29 is 9.13 Å². The maximum atomic E-state index is 13.8. The third-order valence-electron chi connectivity index (χ3n) is 2.63. The van der Waals surface area contributed by atoms with Gasteiger partial charge in [0.2, 0.25) is 0 Å². The van der Waals surface area contributed by atoms with E-state index in [2.05, 4.69) is 15.9 Å². The molecule has 2 rings (SSSR count). The second kappa shape index (κ2) is 5.29. The number of rotatable bonds is 2. The molecule has 0 aliphatic carbocycles. The van der Waals surface area contributed by atoms with Gasteiger partial charge in [-0.1, -0.05) is 6.07 Å². The Hall–Kier alpha value is -2.06. The van der Waals surface area contributed by atoms with Crippen molar-refractivity contribution >= 4 is 21.6 Å². The summed E-state index contributed by atoms with van der Waals surface area (Å²) in [6.07, 6.45) is 0. The Morgan fingerprint density at radius 1 is 1.32 bits per heavy atom. The van der Waals surface area contributed by atoms with Crippen molar-refractivity contribution in [3.8, 4) is 17.6 Å². The monoisotopic (exact) mass is 320 g/mol. The number of benzene rings is 2. The van der Waals surface area contributed by atoms with Crippen molar-refractivity contribution in [2.75, 3.05) is 5.73 Å². The highest BCUT2D eigenvalue weighted by molar-refractivity contribution is 9.10. The molecular formula is C14H10BrFN2O. The van der Waals surface area contributed by atoms with Crippen molar-refractivity contribution in [3.63, 3.8) is 0 Å². The number of anilines is 1. The minimum absolute atomic E-state index is 0.0429. The van der Waals surface area contributed by atoms with Crippen LogP contribution in [0.25, 0.3) is 0 Å². The van der Waals surface area contributed by atoms with Gasteiger partial charge in [-0.3, -0.25) is 0 Å². The van der Waals surface area contributed by atoms with E-state index in [9.17, 15) is 4.39 Å². The van der Waals surface area contributed by atoms with Crippen LogP contribution >= 0.6 is 15.9 Å². The van der Waals surface area contributed by atoms with Crippen molar-refractivity contribution in [2.24, 2.45) is 0 Å². The van der Waals surface area contributed by atoms with Crippen LogP contribution in [0, 0.1) is 24.1 Å². The highest BCUT2D eigenvalue weighted by atomic mass is 79.9. The minimum Gasteiger partial charge on any atom is -0.453 e. The second-order valence-electron chi connectivity index (χ2n) is 3.97. The van der Waals surface area contributed by atoms with E-state index in [4.69, 9.17) is 15.7 Å². The molecule has 0 aliphatic rings. The number of nitrogens with two attached hydrogens (primary N) is 1. The van der Waals surface area contributed by atoms with E-state index in [1.165, 1.54) is 12.1 Å². The lowest BCUT2D eigenvalue weighted by atomic mass is 10.2. The van der Waals surface area contributed by atoms with Crippen LogP contribution in [0.3, 0.4) is 0 Å². The first-order chi connectivity index (χ1) is 9.02. The Morgan fingerprint density at radius 3 is 2.74 bits per heavy atom. The molecule has 0 radical (unpaired) electrons. The fourth-order valence-electron chi connectivity index (χ4n) is 1.56. The largest absolute Gasteiger partial charge is 0.453 e. The van der Waals surface area contributed by atoms with Crippen molar-refractivity contribution in [1.29, 1.82) is 5.26 Å². The van der Waals surface area contributed by atoms with E-state index in [-0.39, 0.29) is 5.75 Å². The molecule has 0 fully saturated rings. The number of nitriles is 1. The van der Waals surface area contributed by atoms with Crippen LogP contribution in [0.4, 0.5) is 10.1 Å². The van der Waals surface area contributed by atoms with Crippen LogP contribution < -0.4 is 10.5 Å². The summed E-state index contributed by atoms with van der Waals surface area (Å²) in [5.74, 6) is -0.229. The minimum atomic E-state index is -0.563. The van der Waals surface area contributed by atoms with Gasteiger partial charge in [0, 0.05) is 16.2 Å². The molecule has 2 aromatic carbocycles. The van der Waals surface area contributed by atoms with Gasteiger partial charge in [0.15, 0.2) is 11.6 Å². The zero-order valence-corrected chi connectivity index (χ0v) is 11.7. The van der Waals surface area contributed by atoms with Crippen molar-refractivity contribution in [3.05, 3.63) is 51.7 Å². The first-order valence-corrected chi connectivity index (χ1v) is 6.24. The number of hydrogen-bond donors (Lipinski definition) is 1. The van der Waals surface area contributed by atoms with Crippen molar-refractivity contribution in [1.82, 2.24) is 0 Å². The molecule has 0 heterocycles. The third kappa shape index (κ3) is 2.69. The second-order valence-corrected chi connectivity index (χ2v) is 4.82. The van der Waals surface area contributed by atoms with Gasteiger partial charge in [0.1, 0.15) is 17.4 Å². The van der Waals surface area contributed by atoms with E-state index in [1.54, 1.807) is 25.1 Å². The Morgan fingerprint density at radius 2 is 2.05 bits per heavy atom. The van der Waals surface area contributed by atoms with Crippen LogP contribution in [0.5, 0.6) is 11.5 Å². The standard InChI is InChI=1S/C14H10BrFN2O/c1-8-5-14(11(16)6-12(8)18)19-13-4-2-3-10(15)9(13)7-17/h2-6H,18H2,1H3. The van der Waals surface area contributed by atoms with Gasteiger partial charge in [-0.25, -0.2) is 4.39 Å². The fraction of sp³-hybridized carbons (Fsp3) is 0.0714. The molecule has 0 saturated carbocycles. The summed E-state index contributed by atoms with van der Waals surface area (Å²) in [6, 6.07) is 9.75. The Bertz CT molecular complexity index is 680. The van der Waals surface area contributed by atoms with E-state index in [0.29, 0.717) is 27.0 Å². The highest BCUT2D eigenvalue weighted by Crippen LogP contribution is 2.32. The van der Waals surface area contributed by atoms with Gasteiger partial charge in [-0.15, -0.1) is 0 Å². The number of halogens is 2. The van der Waals surface area contributed by atoms with Gasteiger partial charge in [-0.05, 0) is 46.6 Å². The van der Waals surface area contributed by atoms with Gasteiger partial charge in [-0.2, -0.15) is 5.26 Å². The summed E-state index contributed by atoms with van der Waals surface area (Å²) in [4.78, 5) is 0. The molecule has 19 heavy (non-hydrogen) atoms. The topological polar surface area (TPSA) is 59.0 Å². The molecule has 5 heteroatoms. The normalized spacial score (nSPS) is 10.0. The van der Waals surface area contributed by atoms with Crippen LogP contribution in [-0.4, -0.2) is 0 Å². The molecule has 0 aromatic heterocycles. The van der Waals surface area contributed by atoms with E-state index < -0.39 is 5.82 Å². The molecule has 0 aliphatic heterocycles. The predicted octanol–water partition coefficient (Wildman–Crippen LogP) is 4.14. The zero-order valence-electron chi connectivity index (χ0n) is 10.1. The molecule has 0 spiro atoms. The molecule has 2 N–H and O–H groups in total. The number of hydrogen-bond acceptors (Lipinski definition) is 3. The molecule has 2 aromatic rings. The Balaban J connectivity index is 2.45. The molecule has 0 atom stereocenters. The van der Waals surface area contributed by atoms with E-state index in [1.807, 2.05) is 6.07 Å². The van der Waals surface area contributed by atoms with E-state index in [0.717, 1.165) is 0 Å². The summed E-state index contributed by atoms with van der Waals surface area (Å²) in [7, 11) is 0. The first kappa shape index (κ1) is 13.4. The Kier molecular flexibility index (Phi) is 3.72. The molecule has 0 bridgehead atoms. The van der Waals surface area contributed by atoms with Crippen molar-refractivity contribution in [2.45, 2.75) is 6.92 Å². The predicted molar refractivity (Wildman–Crippen MR) is 74.5 cm³/mol. The molecule has 0 saturated heterocycles. The third-order valence-corrected chi connectivity index (χ3v) is 3.29. The maximum absolute atomic E-state index is 13.8. The number of nitrogen functional groups attached to an aromatic ring is 1. The summed E-state index contributed by atoms with van der Waals surface area (Å²) < 4.78 is 19.8. The number of nitrogens with zero attached hydrogens (tertiary/aromatic N) is 1. The van der Waals surface area contributed by atoms with Crippen LogP contribution in [0.15, 0.2) is 34.8 Å². The van der Waals surface area contributed by atoms with Gasteiger partial charge in [0.25, 0.3) is 0 Å². The van der Waals surface area contributed by atoms with Crippen LogP contribution in [-0.2, 0) is 0 Å². The quantitative estimate of drug-likeness (QED) is 0.846. The SMILES string of the molecule is Cc1cc(Oc2cccc(Br)c2C#N)c(F)cc1N. The van der Waals surface area contributed by atoms with E-state index >= 15 is 0 Å². The molecule has 0 unspecified atom stereocenters. The lowest BCUT2D eigenvalue weighted by Gasteiger charge is -2.11. The molecule has 3 nitrogen and oxygen atoms in total. The number of ether oxygens (including phenoxy) is 1. The highest BCUT2D eigenvalue weighted by Gasteiger charge is 2.12. The summed E-state index contributed by atoms with van der Waals surface area (Å²) >= 11 is 3.25. The average Bonchev–Trinajstić information content (AvgIpc) is 2.36. The maximum Gasteiger partial charge on any atom is 0.167 e. The average molecular weight is 321 g/mol. The smallest absolute Gasteiger partial charge is 0.167 e. The van der Waals surface area contributed by atoms with Crippen LogP contribution in [0.1, 0.15) is 11.1 Å². The fourth-order valence-corrected chi connectivity index (χ4v) is 2.00. The summed E-state index contributed by atoms with van der Waals surface area (Å²) in [5.41, 5.74) is 7.00. The Labute approximate surface area is 118 Å². The van der Waals surface area contributed by atoms with Gasteiger partial charge < -0.3 is 10.5 Å². The lowest BCUT2D eigenvalue weighted by Crippen LogP contribution is -1.96.